The molecule has 5 aromatic rings. The minimum atomic E-state index is -0.251. The third kappa shape index (κ3) is 4.16. The second kappa shape index (κ2) is 8.76. The zero-order chi connectivity index (χ0) is 22.8. The van der Waals surface area contributed by atoms with Crippen LogP contribution in [0.5, 0.6) is 5.75 Å². The number of phenolic OH excluding ortho intramolecular Hbond substituents is 1. The van der Waals surface area contributed by atoms with Gasteiger partial charge in [-0.3, -0.25) is 10.1 Å². The Kier molecular flexibility index (Phi) is 5.50. The molecule has 3 aromatic carbocycles. The first kappa shape index (κ1) is 20.7. The summed E-state index contributed by atoms with van der Waals surface area (Å²) in [5.74, 6) is 0.211. The third-order valence-electron chi connectivity index (χ3n) is 5.82. The van der Waals surface area contributed by atoms with Crippen LogP contribution >= 0.6 is 0 Å². The highest BCUT2D eigenvalue weighted by molar-refractivity contribution is 5.90. The molecule has 1 atom stereocenters. The van der Waals surface area contributed by atoms with Crippen LogP contribution in [0.2, 0.25) is 0 Å². The number of aryl methyl sites for hydroxylation is 1. The van der Waals surface area contributed by atoms with E-state index in [1.807, 2.05) is 61.5 Å². The fourth-order valence-corrected chi connectivity index (χ4v) is 4.05. The van der Waals surface area contributed by atoms with E-state index in [-0.39, 0.29) is 18.4 Å². The van der Waals surface area contributed by atoms with Gasteiger partial charge in [0.25, 0.3) is 0 Å². The van der Waals surface area contributed by atoms with Gasteiger partial charge in [0.15, 0.2) is 0 Å². The predicted octanol–water partition coefficient (Wildman–Crippen LogP) is 5.45. The summed E-state index contributed by atoms with van der Waals surface area (Å²) in [7, 11) is 0. The summed E-state index contributed by atoms with van der Waals surface area (Å²) in [6.07, 6.45) is 1.78. The van der Waals surface area contributed by atoms with Gasteiger partial charge in [-0.1, -0.05) is 36.4 Å². The molecular formula is C27H24N4O2. The van der Waals surface area contributed by atoms with E-state index in [1.54, 1.807) is 18.3 Å². The van der Waals surface area contributed by atoms with Gasteiger partial charge in [0.05, 0.1) is 41.4 Å². The molecule has 2 heterocycles. The minimum Gasteiger partial charge on any atom is -0.508 e. The molecule has 0 aliphatic heterocycles. The monoisotopic (exact) mass is 436 g/mol. The second-order valence-electron chi connectivity index (χ2n) is 8.03. The van der Waals surface area contributed by atoms with Crippen LogP contribution in [0.3, 0.4) is 0 Å². The van der Waals surface area contributed by atoms with E-state index < -0.39 is 0 Å². The van der Waals surface area contributed by atoms with Gasteiger partial charge in [-0.15, -0.1) is 0 Å². The maximum atomic E-state index is 9.99. The van der Waals surface area contributed by atoms with Crippen molar-refractivity contribution in [2.45, 2.75) is 13.0 Å². The summed E-state index contributed by atoms with van der Waals surface area (Å²) >= 11 is 0. The largest absolute Gasteiger partial charge is 0.508 e. The quantitative estimate of drug-likeness (QED) is 0.284. The number of pyridine rings is 1. The Bertz CT molecular complexity index is 1400. The van der Waals surface area contributed by atoms with Crippen LogP contribution in [0.4, 0.5) is 5.69 Å². The molecule has 1 unspecified atom stereocenters. The first-order chi connectivity index (χ1) is 16.1. The Balaban J connectivity index is 1.61. The maximum absolute atomic E-state index is 9.99. The lowest BCUT2D eigenvalue weighted by Gasteiger charge is -2.19. The van der Waals surface area contributed by atoms with Gasteiger partial charge in [0, 0.05) is 16.5 Å². The van der Waals surface area contributed by atoms with Crippen LogP contribution in [0, 0.1) is 6.92 Å². The van der Waals surface area contributed by atoms with Crippen LogP contribution in [-0.4, -0.2) is 32.0 Å². The van der Waals surface area contributed by atoms with E-state index in [0.29, 0.717) is 0 Å². The van der Waals surface area contributed by atoms with Gasteiger partial charge in [0.2, 0.25) is 0 Å². The van der Waals surface area contributed by atoms with Gasteiger partial charge in [0.1, 0.15) is 5.75 Å². The van der Waals surface area contributed by atoms with Crippen molar-refractivity contribution in [1.82, 2.24) is 15.2 Å². The first-order valence-electron chi connectivity index (χ1n) is 10.8. The summed E-state index contributed by atoms with van der Waals surface area (Å²) in [6, 6.07) is 24.9. The number of aliphatic hydroxyl groups is 1. The smallest absolute Gasteiger partial charge is 0.115 e. The number of nitrogens with zero attached hydrogens (tertiary/aromatic N) is 2. The van der Waals surface area contributed by atoms with Crippen molar-refractivity contribution < 1.29 is 10.2 Å². The first-order valence-corrected chi connectivity index (χ1v) is 10.8. The molecule has 0 aliphatic carbocycles. The molecule has 0 fully saturated rings. The average Bonchev–Trinajstić information content (AvgIpc) is 3.23. The molecule has 2 aromatic heterocycles. The molecule has 5 rings (SSSR count). The molecule has 0 bridgehead atoms. The van der Waals surface area contributed by atoms with Crippen molar-refractivity contribution in [2.24, 2.45) is 0 Å². The Morgan fingerprint density at radius 1 is 0.939 bits per heavy atom. The standard InChI is InChI=1S/C27H24N4O2/c1-17-23-13-20(9-12-25(23)31-30-17)24-14-21(29-26(16-32)18-5-3-2-4-6-18)15-28-27(24)19-7-10-22(33)11-8-19/h2-15,26,29,32-33H,16H2,1H3,(H,30,31). The number of hydrogen-bond donors (Lipinski definition) is 4. The lowest BCUT2D eigenvalue weighted by atomic mass is 9.97. The molecule has 6 heteroatoms. The van der Waals surface area contributed by atoms with Crippen molar-refractivity contribution in [2.75, 3.05) is 11.9 Å². The zero-order valence-electron chi connectivity index (χ0n) is 18.2. The number of phenols is 1. The number of hydrogen-bond acceptors (Lipinski definition) is 5. The number of aromatic hydroxyl groups is 1. The fourth-order valence-electron chi connectivity index (χ4n) is 4.05. The highest BCUT2D eigenvalue weighted by Crippen LogP contribution is 2.35. The number of aromatic amines is 1. The second-order valence-corrected chi connectivity index (χ2v) is 8.03. The lowest BCUT2D eigenvalue weighted by molar-refractivity contribution is 0.276. The summed E-state index contributed by atoms with van der Waals surface area (Å²) < 4.78 is 0. The highest BCUT2D eigenvalue weighted by Gasteiger charge is 2.15. The van der Waals surface area contributed by atoms with Gasteiger partial charge >= 0.3 is 0 Å². The topological polar surface area (TPSA) is 94.1 Å². The molecule has 0 radical (unpaired) electrons. The van der Waals surface area contributed by atoms with Gasteiger partial charge < -0.3 is 15.5 Å². The van der Waals surface area contributed by atoms with Crippen LogP contribution in [0.25, 0.3) is 33.3 Å². The number of H-pyrrole nitrogens is 1. The molecule has 6 nitrogen and oxygen atoms in total. The van der Waals surface area contributed by atoms with Crippen LogP contribution in [0.15, 0.2) is 85.1 Å². The Morgan fingerprint density at radius 3 is 2.45 bits per heavy atom. The van der Waals surface area contributed by atoms with E-state index in [9.17, 15) is 10.2 Å². The van der Waals surface area contributed by atoms with Gasteiger partial charge in [-0.05, 0) is 60.5 Å². The number of fused-ring (bicyclic) bond motifs is 1. The van der Waals surface area contributed by atoms with Crippen molar-refractivity contribution >= 4 is 16.6 Å². The van der Waals surface area contributed by atoms with Crippen LogP contribution in [0.1, 0.15) is 17.3 Å². The van der Waals surface area contributed by atoms with Crippen molar-refractivity contribution in [3.05, 3.63) is 96.3 Å². The van der Waals surface area contributed by atoms with Gasteiger partial charge in [-0.2, -0.15) is 5.10 Å². The fraction of sp³-hybridized carbons (Fsp3) is 0.111. The number of rotatable bonds is 6. The summed E-state index contributed by atoms with van der Waals surface area (Å²) in [5.41, 5.74) is 7.38. The minimum absolute atomic E-state index is 0.0424. The van der Waals surface area contributed by atoms with Crippen molar-refractivity contribution in [3.8, 4) is 28.1 Å². The normalized spacial score (nSPS) is 12.1. The molecule has 0 spiro atoms. The molecule has 164 valence electrons. The maximum Gasteiger partial charge on any atom is 0.115 e. The van der Waals surface area contributed by atoms with E-state index in [0.717, 1.165) is 50.2 Å². The molecule has 0 saturated carbocycles. The number of anilines is 1. The zero-order valence-corrected chi connectivity index (χ0v) is 18.2. The van der Waals surface area contributed by atoms with Crippen LogP contribution < -0.4 is 5.32 Å². The predicted molar refractivity (Wildman–Crippen MR) is 131 cm³/mol. The van der Waals surface area contributed by atoms with E-state index in [2.05, 4.69) is 27.6 Å². The van der Waals surface area contributed by atoms with E-state index in [4.69, 9.17) is 4.98 Å². The van der Waals surface area contributed by atoms with Crippen molar-refractivity contribution in [3.63, 3.8) is 0 Å². The third-order valence-corrected chi connectivity index (χ3v) is 5.82. The summed E-state index contributed by atoms with van der Waals surface area (Å²) in [5, 5.41) is 31.6. The van der Waals surface area contributed by atoms with Gasteiger partial charge in [-0.25, -0.2) is 0 Å². The number of benzene rings is 3. The SMILES string of the molecule is Cc1n[nH]c2ccc(-c3cc(NC(CO)c4ccccc4)cnc3-c3ccc(O)cc3)cc12. The highest BCUT2D eigenvalue weighted by atomic mass is 16.3. The molecule has 0 amide bonds. The molecule has 4 N–H and O–H groups in total. The van der Waals surface area contributed by atoms with E-state index in [1.165, 1.54) is 0 Å². The summed E-state index contributed by atoms with van der Waals surface area (Å²) in [4.78, 5) is 4.78. The Hall–Kier alpha value is -4.16. The molecule has 33 heavy (non-hydrogen) atoms. The molecular weight excluding hydrogens is 412 g/mol. The molecule has 0 saturated heterocycles. The summed E-state index contributed by atoms with van der Waals surface area (Å²) in [6.45, 7) is 1.94. The van der Waals surface area contributed by atoms with Crippen LogP contribution in [-0.2, 0) is 0 Å². The Morgan fingerprint density at radius 2 is 1.70 bits per heavy atom. The number of nitrogens with one attached hydrogen (secondary N) is 2. The Labute approximate surface area is 191 Å². The van der Waals surface area contributed by atoms with Crippen molar-refractivity contribution in [1.29, 1.82) is 0 Å². The lowest BCUT2D eigenvalue weighted by Crippen LogP contribution is -2.15. The molecule has 0 aliphatic rings. The average molecular weight is 437 g/mol. The van der Waals surface area contributed by atoms with E-state index >= 15 is 0 Å². The number of aliphatic hydroxyl groups excluding tert-OH is 1. The number of aromatic nitrogens is 3.